The maximum absolute atomic E-state index is 14.0. The lowest BCUT2D eigenvalue weighted by Gasteiger charge is -2.28. The van der Waals surface area contributed by atoms with Crippen LogP contribution in [0.3, 0.4) is 0 Å². The van der Waals surface area contributed by atoms with Crippen molar-refractivity contribution in [3.05, 3.63) is 102 Å². The van der Waals surface area contributed by atoms with Gasteiger partial charge in [-0.2, -0.15) is 0 Å². The smallest absolute Gasteiger partial charge is 0.242 e. The average molecular weight is 567 g/mol. The number of carbonyl (C=O) groups is 2. The Labute approximate surface area is 251 Å². The minimum absolute atomic E-state index is 0.0261. The van der Waals surface area contributed by atoms with Crippen molar-refractivity contribution in [2.75, 3.05) is 32.1 Å². The number of aromatic nitrogens is 1. The number of anilines is 1. The number of amides is 2. The van der Waals surface area contributed by atoms with Gasteiger partial charge in [0.05, 0.1) is 0 Å². The lowest BCUT2D eigenvalue weighted by Crippen LogP contribution is -2.43. The highest BCUT2D eigenvalue weighted by atomic mass is 16.2. The normalized spacial score (nSPS) is 11.0. The van der Waals surface area contributed by atoms with Gasteiger partial charge in [0.1, 0.15) is 6.54 Å². The Bertz CT molecular complexity index is 1390. The van der Waals surface area contributed by atoms with Crippen LogP contribution in [0.1, 0.15) is 62.1 Å². The number of hydrogen-bond acceptors (Lipinski definition) is 3. The Hall–Kier alpha value is -4.06. The molecular formula is C36H46N4O2. The van der Waals surface area contributed by atoms with Crippen molar-refractivity contribution in [3.63, 3.8) is 0 Å². The van der Waals surface area contributed by atoms with Crippen LogP contribution in [0, 0.1) is 0 Å². The molecule has 0 aliphatic heterocycles. The molecule has 0 radical (unpaired) electrons. The summed E-state index contributed by atoms with van der Waals surface area (Å²) in [5, 5.41) is 1.18. The van der Waals surface area contributed by atoms with Crippen LogP contribution in [0.5, 0.6) is 0 Å². The SMILES string of the molecule is CCCCCCCC(=O)N(CC(=O)N(CCc1c[nH]c2ccccc12)Cc1ccc(N(C)C)cc1)Cc1ccccc1. The standard InChI is InChI=1S/C36H46N4O2/c1-4-5-6-7-11-18-35(41)40(27-29-14-9-8-10-15-29)28-36(42)39(26-30-19-21-32(22-20-30)38(2)3)24-23-31-25-37-34-17-13-12-16-33(31)34/h8-10,12-17,19-22,25,37H,4-7,11,18,23-24,26-28H2,1-3H3. The van der Waals surface area contributed by atoms with E-state index in [0.29, 0.717) is 26.1 Å². The first-order valence-electron chi connectivity index (χ1n) is 15.4. The van der Waals surface area contributed by atoms with Crippen LogP contribution >= 0.6 is 0 Å². The van der Waals surface area contributed by atoms with E-state index >= 15 is 0 Å². The molecule has 4 rings (SSSR count). The quantitative estimate of drug-likeness (QED) is 0.146. The van der Waals surface area contributed by atoms with Crippen LogP contribution in [0.4, 0.5) is 5.69 Å². The second-order valence-electron chi connectivity index (χ2n) is 11.4. The third-order valence-corrected chi connectivity index (χ3v) is 7.89. The molecule has 1 aromatic heterocycles. The minimum Gasteiger partial charge on any atom is -0.378 e. The van der Waals surface area contributed by atoms with Gasteiger partial charge in [-0.1, -0.05) is 93.3 Å². The Morgan fingerprint density at radius 2 is 1.38 bits per heavy atom. The number of nitrogens with one attached hydrogen (secondary N) is 1. The summed E-state index contributed by atoms with van der Waals surface area (Å²) in [5.41, 5.74) is 5.52. The highest BCUT2D eigenvalue weighted by Gasteiger charge is 2.22. The Morgan fingerprint density at radius 1 is 0.714 bits per heavy atom. The van der Waals surface area contributed by atoms with E-state index in [4.69, 9.17) is 0 Å². The molecule has 0 aliphatic rings. The summed E-state index contributed by atoms with van der Waals surface area (Å²) in [6, 6.07) is 26.6. The van der Waals surface area contributed by atoms with Crippen molar-refractivity contribution >= 4 is 28.4 Å². The Morgan fingerprint density at radius 3 is 2.12 bits per heavy atom. The average Bonchev–Trinajstić information content (AvgIpc) is 3.42. The maximum atomic E-state index is 14.0. The van der Waals surface area contributed by atoms with Gasteiger partial charge in [0, 0.05) is 62.9 Å². The second kappa shape index (κ2) is 15.8. The molecule has 0 saturated heterocycles. The predicted molar refractivity (Wildman–Crippen MR) is 173 cm³/mol. The molecule has 0 saturated carbocycles. The molecule has 0 unspecified atom stereocenters. The van der Waals surface area contributed by atoms with Gasteiger partial charge in [-0.3, -0.25) is 9.59 Å². The van der Waals surface area contributed by atoms with Gasteiger partial charge in [-0.25, -0.2) is 0 Å². The van der Waals surface area contributed by atoms with E-state index < -0.39 is 0 Å². The van der Waals surface area contributed by atoms with E-state index in [1.807, 2.05) is 67.7 Å². The molecule has 1 heterocycles. The van der Waals surface area contributed by atoms with E-state index in [9.17, 15) is 9.59 Å². The van der Waals surface area contributed by atoms with Crippen LogP contribution in [0.2, 0.25) is 0 Å². The van der Waals surface area contributed by atoms with Gasteiger partial charge >= 0.3 is 0 Å². The molecule has 6 nitrogen and oxygen atoms in total. The zero-order chi connectivity index (χ0) is 29.7. The fourth-order valence-electron chi connectivity index (χ4n) is 5.34. The van der Waals surface area contributed by atoms with Gasteiger partial charge in [0.2, 0.25) is 11.8 Å². The fraction of sp³-hybridized carbons (Fsp3) is 0.389. The van der Waals surface area contributed by atoms with Gasteiger partial charge in [-0.15, -0.1) is 0 Å². The van der Waals surface area contributed by atoms with Crippen molar-refractivity contribution < 1.29 is 9.59 Å². The summed E-state index contributed by atoms with van der Waals surface area (Å²) >= 11 is 0. The molecule has 42 heavy (non-hydrogen) atoms. The molecule has 3 aromatic carbocycles. The van der Waals surface area contributed by atoms with Crippen molar-refractivity contribution in [1.29, 1.82) is 0 Å². The van der Waals surface area contributed by atoms with Gasteiger partial charge in [-0.05, 0) is 47.7 Å². The Kier molecular flexibility index (Phi) is 11.6. The van der Waals surface area contributed by atoms with Crippen LogP contribution in [0.25, 0.3) is 10.9 Å². The van der Waals surface area contributed by atoms with Crippen LogP contribution in [-0.4, -0.2) is 53.8 Å². The van der Waals surface area contributed by atoms with Crippen molar-refractivity contribution in [1.82, 2.24) is 14.8 Å². The lowest BCUT2D eigenvalue weighted by atomic mass is 10.1. The molecule has 0 bridgehead atoms. The molecule has 0 spiro atoms. The van der Waals surface area contributed by atoms with Crippen LogP contribution in [0.15, 0.2) is 85.1 Å². The summed E-state index contributed by atoms with van der Waals surface area (Å²) in [6.45, 7) is 3.78. The molecule has 1 N–H and O–H groups in total. The first-order valence-corrected chi connectivity index (χ1v) is 15.4. The van der Waals surface area contributed by atoms with Gasteiger partial charge < -0.3 is 19.7 Å². The molecule has 4 aromatic rings. The zero-order valence-electron chi connectivity index (χ0n) is 25.5. The first-order chi connectivity index (χ1) is 20.4. The minimum atomic E-state index is -0.0261. The maximum Gasteiger partial charge on any atom is 0.242 e. The number of nitrogens with zero attached hydrogens (tertiary/aromatic N) is 3. The first kappa shape index (κ1) is 30.9. The highest BCUT2D eigenvalue weighted by molar-refractivity contribution is 5.85. The molecule has 0 atom stereocenters. The van der Waals surface area contributed by atoms with Crippen molar-refractivity contribution in [2.45, 2.75) is 65.0 Å². The number of aromatic amines is 1. The van der Waals surface area contributed by atoms with Crippen LogP contribution < -0.4 is 4.90 Å². The summed E-state index contributed by atoms with van der Waals surface area (Å²) in [4.78, 5) is 36.5. The highest BCUT2D eigenvalue weighted by Crippen LogP contribution is 2.20. The lowest BCUT2D eigenvalue weighted by molar-refractivity contribution is -0.141. The topological polar surface area (TPSA) is 59.7 Å². The third kappa shape index (κ3) is 8.97. The van der Waals surface area contributed by atoms with E-state index in [1.54, 1.807) is 4.90 Å². The number of benzene rings is 3. The molecule has 222 valence electrons. The van der Waals surface area contributed by atoms with E-state index in [2.05, 4.69) is 53.2 Å². The van der Waals surface area contributed by atoms with Gasteiger partial charge in [0.25, 0.3) is 0 Å². The second-order valence-corrected chi connectivity index (χ2v) is 11.4. The molecule has 2 amide bonds. The van der Waals surface area contributed by atoms with E-state index in [1.165, 1.54) is 23.8 Å². The van der Waals surface area contributed by atoms with Gasteiger partial charge in [0.15, 0.2) is 0 Å². The summed E-state index contributed by atoms with van der Waals surface area (Å²) < 4.78 is 0. The summed E-state index contributed by atoms with van der Waals surface area (Å²) in [5.74, 6) is 0.0254. The third-order valence-electron chi connectivity index (χ3n) is 7.89. The molecule has 0 fully saturated rings. The predicted octanol–water partition coefficient (Wildman–Crippen LogP) is 7.19. The number of rotatable bonds is 16. The number of para-hydroxylation sites is 1. The van der Waals surface area contributed by atoms with E-state index in [0.717, 1.165) is 48.0 Å². The summed E-state index contributed by atoms with van der Waals surface area (Å²) in [7, 11) is 4.04. The number of unbranched alkanes of at least 4 members (excludes halogenated alkanes) is 4. The summed E-state index contributed by atoms with van der Waals surface area (Å²) in [6.07, 6.45) is 8.68. The Balaban J connectivity index is 1.51. The zero-order valence-corrected chi connectivity index (χ0v) is 25.5. The van der Waals surface area contributed by atoms with Crippen molar-refractivity contribution in [3.8, 4) is 0 Å². The number of hydrogen-bond donors (Lipinski definition) is 1. The molecule has 0 aliphatic carbocycles. The number of H-pyrrole nitrogens is 1. The van der Waals surface area contributed by atoms with Crippen molar-refractivity contribution in [2.24, 2.45) is 0 Å². The van der Waals surface area contributed by atoms with E-state index in [-0.39, 0.29) is 18.4 Å². The van der Waals surface area contributed by atoms with Crippen LogP contribution in [-0.2, 0) is 29.1 Å². The largest absolute Gasteiger partial charge is 0.378 e. The number of fused-ring (bicyclic) bond motifs is 1. The monoisotopic (exact) mass is 566 g/mol. The molecule has 6 heteroatoms. The molecular weight excluding hydrogens is 520 g/mol. The number of carbonyl (C=O) groups excluding carboxylic acids is 2. The fourth-order valence-corrected chi connectivity index (χ4v) is 5.34.